The van der Waals surface area contributed by atoms with Crippen LogP contribution in [0.15, 0.2) is 176 Å². The Morgan fingerprint density at radius 3 is 1.81 bits per heavy atom. The van der Waals surface area contributed by atoms with E-state index in [1.54, 1.807) is 0 Å². The highest BCUT2D eigenvalue weighted by Gasteiger charge is 2.37. The van der Waals surface area contributed by atoms with Gasteiger partial charge in [-0.2, -0.15) is 0 Å². The van der Waals surface area contributed by atoms with Crippen LogP contribution in [-0.4, -0.2) is 0 Å². The maximum atomic E-state index is 2.46. The summed E-state index contributed by atoms with van der Waals surface area (Å²) in [5, 5.41) is 4.95. The number of para-hydroxylation sites is 1. The second-order valence-electron chi connectivity index (χ2n) is 13.4. The molecular weight excluding hydrogens is 579 g/mol. The molecule has 0 N–H and O–H groups in total. The van der Waals surface area contributed by atoms with Crippen molar-refractivity contribution in [2.45, 2.75) is 19.3 Å². The van der Waals surface area contributed by atoms with Crippen LogP contribution in [-0.2, 0) is 5.41 Å². The third-order valence-corrected chi connectivity index (χ3v) is 10.2. The van der Waals surface area contributed by atoms with E-state index in [1.807, 2.05) is 0 Å². The average Bonchev–Trinajstić information content (AvgIpc) is 3.37. The van der Waals surface area contributed by atoms with Gasteiger partial charge in [0.15, 0.2) is 0 Å². The molecule has 0 unspecified atom stereocenters. The van der Waals surface area contributed by atoms with Crippen LogP contribution >= 0.6 is 0 Å². The Kier molecular flexibility index (Phi) is 6.55. The summed E-state index contributed by atoms with van der Waals surface area (Å²) in [6.07, 6.45) is 0. The molecule has 0 atom stereocenters. The zero-order valence-corrected chi connectivity index (χ0v) is 27.2. The monoisotopic (exact) mass is 613 g/mol. The van der Waals surface area contributed by atoms with Crippen molar-refractivity contribution in [2.24, 2.45) is 0 Å². The maximum absolute atomic E-state index is 2.46. The van der Waals surface area contributed by atoms with Gasteiger partial charge in [-0.15, -0.1) is 0 Å². The van der Waals surface area contributed by atoms with Crippen LogP contribution in [0.3, 0.4) is 0 Å². The summed E-state index contributed by atoms with van der Waals surface area (Å²) in [5.74, 6) is 0. The van der Waals surface area contributed by atoms with E-state index in [1.165, 1.54) is 66.1 Å². The van der Waals surface area contributed by atoms with Crippen molar-refractivity contribution in [1.82, 2.24) is 0 Å². The molecule has 48 heavy (non-hydrogen) atoms. The maximum Gasteiger partial charge on any atom is 0.0546 e. The normalized spacial score (nSPS) is 13.0. The lowest BCUT2D eigenvalue weighted by Gasteiger charge is -2.30. The van der Waals surface area contributed by atoms with Gasteiger partial charge in [0.25, 0.3) is 0 Å². The van der Waals surface area contributed by atoms with Gasteiger partial charge < -0.3 is 4.90 Å². The van der Waals surface area contributed by atoms with Crippen LogP contribution in [0.5, 0.6) is 0 Å². The van der Waals surface area contributed by atoms with Crippen molar-refractivity contribution < 1.29 is 0 Å². The van der Waals surface area contributed by atoms with Crippen molar-refractivity contribution in [3.8, 4) is 33.4 Å². The lowest BCUT2D eigenvalue weighted by molar-refractivity contribution is 0.660. The molecule has 0 aromatic heterocycles. The fraction of sp³-hybridized carbons (Fsp3) is 0.0638. The first kappa shape index (κ1) is 28.3. The number of hydrogen-bond acceptors (Lipinski definition) is 1. The molecule has 8 aromatic carbocycles. The Hall–Kier alpha value is -5.92. The molecule has 1 aliphatic carbocycles. The Balaban J connectivity index is 1.31. The molecule has 1 nitrogen and oxygen atoms in total. The molecule has 0 spiro atoms. The average molecular weight is 614 g/mol. The van der Waals surface area contributed by atoms with Crippen molar-refractivity contribution >= 4 is 38.6 Å². The molecular formula is C47H35N. The van der Waals surface area contributed by atoms with Crippen molar-refractivity contribution in [2.75, 3.05) is 4.90 Å². The third kappa shape index (κ3) is 4.47. The van der Waals surface area contributed by atoms with Crippen molar-refractivity contribution in [3.05, 3.63) is 187 Å². The highest BCUT2D eigenvalue weighted by atomic mass is 15.1. The first-order valence-corrected chi connectivity index (χ1v) is 16.8. The predicted octanol–water partition coefficient (Wildman–Crippen LogP) is 13.1. The van der Waals surface area contributed by atoms with E-state index in [4.69, 9.17) is 0 Å². The Morgan fingerprint density at radius 1 is 0.396 bits per heavy atom. The molecule has 9 rings (SSSR count). The van der Waals surface area contributed by atoms with E-state index >= 15 is 0 Å². The number of nitrogens with zero attached hydrogens (tertiary/aromatic N) is 1. The largest absolute Gasteiger partial charge is 0.310 e. The zero-order valence-electron chi connectivity index (χ0n) is 27.2. The molecule has 0 fully saturated rings. The number of rotatable bonds is 5. The third-order valence-electron chi connectivity index (χ3n) is 10.2. The summed E-state index contributed by atoms with van der Waals surface area (Å²) >= 11 is 0. The van der Waals surface area contributed by atoms with E-state index in [0.717, 1.165) is 17.1 Å². The highest BCUT2D eigenvalue weighted by molar-refractivity contribution is 6.05. The summed E-state index contributed by atoms with van der Waals surface area (Å²) in [7, 11) is 0. The van der Waals surface area contributed by atoms with E-state index in [9.17, 15) is 0 Å². The van der Waals surface area contributed by atoms with Crippen LogP contribution < -0.4 is 4.90 Å². The second-order valence-corrected chi connectivity index (χ2v) is 13.4. The van der Waals surface area contributed by atoms with Crippen molar-refractivity contribution in [3.63, 3.8) is 0 Å². The van der Waals surface area contributed by atoms with E-state index < -0.39 is 0 Å². The summed E-state index contributed by atoms with van der Waals surface area (Å²) in [5.41, 5.74) is 13.7. The predicted molar refractivity (Wildman–Crippen MR) is 205 cm³/mol. The zero-order chi connectivity index (χ0) is 32.2. The minimum atomic E-state index is -0.157. The summed E-state index contributed by atoms with van der Waals surface area (Å²) in [6.45, 7) is 4.75. The minimum Gasteiger partial charge on any atom is -0.310 e. The van der Waals surface area contributed by atoms with Crippen LogP contribution in [0, 0.1) is 0 Å². The van der Waals surface area contributed by atoms with Gasteiger partial charge >= 0.3 is 0 Å². The molecule has 8 aromatic rings. The van der Waals surface area contributed by atoms with Gasteiger partial charge in [0.1, 0.15) is 0 Å². The first-order chi connectivity index (χ1) is 23.6. The molecule has 0 amide bonds. The van der Waals surface area contributed by atoms with E-state index in [0.29, 0.717) is 0 Å². The molecule has 228 valence electrons. The fourth-order valence-corrected chi connectivity index (χ4v) is 7.87. The van der Waals surface area contributed by atoms with E-state index in [-0.39, 0.29) is 5.41 Å². The highest BCUT2D eigenvalue weighted by Crippen LogP contribution is 2.54. The van der Waals surface area contributed by atoms with Gasteiger partial charge in [-0.1, -0.05) is 153 Å². The van der Waals surface area contributed by atoms with Gasteiger partial charge in [0, 0.05) is 22.4 Å². The number of fused-ring (bicyclic) bond motifs is 5. The summed E-state index contributed by atoms with van der Waals surface area (Å²) in [4.78, 5) is 2.46. The Labute approximate surface area is 282 Å². The SMILES string of the molecule is CC1(C)c2cc(N(c3ccccc3)c3cc4ccccc4cc3-c3cccc4ccccc34)ccc2-c2c(-c3ccccc3)cccc21. The number of anilines is 3. The molecule has 0 saturated heterocycles. The van der Waals surface area contributed by atoms with Gasteiger partial charge in [0.05, 0.1) is 5.69 Å². The van der Waals surface area contributed by atoms with Gasteiger partial charge in [0.2, 0.25) is 0 Å². The van der Waals surface area contributed by atoms with E-state index in [2.05, 4.69) is 195 Å². The fourth-order valence-electron chi connectivity index (χ4n) is 7.87. The van der Waals surface area contributed by atoms with Gasteiger partial charge in [-0.05, 0) is 96.9 Å². The lowest BCUT2D eigenvalue weighted by atomic mass is 9.81. The molecule has 0 radical (unpaired) electrons. The van der Waals surface area contributed by atoms with Gasteiger partial charge in [-0.3, -0.25) is 0 Å². The molecule has 0 heterocycles. The number of benzene rings is 8. The smallest absolute Gasteiger partial charge is 0.0546 e. The lowest BCUT2D eigenvalue weighted by Crippen LogP contribution is -2.17. The standard InChI is InChI=1S/C47H35N/c1-47(2)43-26-14-24-39(33-15-5-3-6-16-33)46(43)41-28-27-37(31-44(41)47)48(36-21-7-4-8-22-36)45-30-35-19-10-9-18-34(35)29-42(45)40-25-13-20-32-17-11-12-23-38(32)40/h3-31H,1-2H3. The Morgan fingerprint density at radius 2 is 1.02 bits per heavy atom. The minimum absolute atomic E-state index is 0.157. The number of hydrogen-bond donors (Lipinski definition) is 0. The van der Waals surface area contributed by atoms with Gasteiger partial charge in [-0.25, -0.2) is 0 Å². The molecule has 0 aliphatic heterocycles. The summed E-state index contributed by atoms with van der Waals surface area (Å²) in [6, 6.07) is 64.4. The molecule has 0 saturated carbocycles. The van der Waals surface area contributed by atoms with Crippen LogP contribution in [0.2, 0.25) is 0 Å². The quantitative estimate of drug-likeness (QED) is 0.187. The topological polar surface area (TPSA) is 3.24 Å². The first-order valence-electron chi connectivity index (χ1n) is 16.8. The Bertz CT molecular complexity index is 2470. The second kappa shape index (κ2) is 11.1. The van der Waals surface area contributed by atoms with Crippen LogP contribution in [0.25, 0.3) is 54.9 Å². The molecule has 1 heteroatoms. The molecule has 0 bridgehead atoms. The van der Waals surface area contributed by atoms with Crippen LogP contribution in [0.1, 0.15) is 25.0 Å². The van der Waals surface area contributed by atoms with Crippen LogP contribution in [0.4, 0.5) is 17.1 Å². The van der Waals surface area contributed by atoms with Crippen molar-refractivity contribution in [1.29, 1.82) is 0 Å². The summed E-state index contributed by atoms with van der Waals surface area (Å²) < 4.78 is 0. The molecule has 1 aliphatic rings.